The molecule has 1 aromatic rings. The highest BCUT2D eigenvalue weighted by molar-refractivity contribution is 5.42. The van der Waals surface area contributed by atoms with Gasteiger partial charge in [-0.25, -0.2) is 0 Å². The zero-order valence-corrected chi connectivity index (χ0v) is 8.06. The Morgan fingerprint density at radius 2 is 2.15 bits per heavy atom. The van der Waals surface area contributed by atoms with Crippen LogP contribution in [0.3, 0.4) is 0 Å². The Labute approximate surface area is 79.2 Å². The quantitative estimate of drug-likeness (QED) is 0.633. The molecule has 0 unspecified atom stereocenters. The molecule has 0 saturated heterocycles. The Kier molecular flexibility index (Phi) is 1.37. The topological polar surface area (TPSA) is 12.0 Å². The third-order valence-electron chi connectivity index (χ3n) is 3.46. The first-order valence-corrected chi connectivity index (χ1v) is 5.11. The number of rotatable bonds is 0. The smallest absolute Gasteiger partial charge is 0.0208 e. The number of nitrogens with one attached hydrogen (secondary N) is 1. The lowest BCUT2D eigenvalue weighted by Gasteiger charge is -2.26. The number of fused-ring (bicyclic) bond motifs is 2. The molecule has 0 aromatic heterocycles. The van der Waals surface area contributed by atoms with Crippen molar-refractivity contribution in [1.29, 1.82) is 0 Å². The summed E-state index contributed by atoms with van der Waals surface area (Å²) in [4.78, 5) is 0. The van der Waals surface area contributed by atoms with Crippen molar-refractivity contribution in [1.82, 2.24) is 5.32 Å². The van der Waals surface area contributed by atoms with Gasteiger partial charge < -0.3 is 5.32 Å². The van der Waals surface area contributed by atoms with Crippen molar-refractivity contribution in [3.8, 4) is 0 Å². The van der Waals surface area contributed by atoms with E-state index in [4.69, 9.17) is 0 Å². The summed E-state index contributed by atoms with van der Waals surface area (Å²) >= 11 is 0. The maximum Gasteiger partial charge on any atom is 0.0208 e. The van der Waals surface area contributed by atoms with E-state index in [0.717, 1.165) is 6.54 Å². The molecule has 1 aromatic carbocycles. The molecule has 0 bridgehead atoms. The maximum atomic E-state index is 3.52. The molecule has 0 amide bonds. The van der Waals surface area contributed by atoms with Crippen LogP contribution < -0.4 is 5.32 Å². The highest BCUT2D eigenvalue weighted by atomic mass is 14.9. The summed E-state index contributed by atoms with van der Waals surface area (Å²) in [6.45, 7) is 4.44. The molecule has 0 atom stereocenters. The lowest BCUT2D eigenvalue weighted by molar-refractivity contribution is 0.531. The van der Waals surface area contributed by atoms with Crippen molar-refractivity contribution < 1.29 is 0 Å². The van der Waals surface area contributed by atoms with Crippen molar-refractivity contribution in [2.24, 2.45) is 0 Å². The van der Waals surface area contributed by atoms with Crippen molar-refractivity contribution >= 4 is 0 Å². The van der Waals surface area contributed by atoms with Gasteiger partial charge in [0.1, 0.15) is 0 Å². The fourth-order valence-corrected chi connectivity index (χ4v) is 2.51. The zero-order chi connectivity index (χ0) is 8.89. The van der Waals surface area contributed by atoms with Gasteiger partial charge in [0.15, 0.2) is 0 Å². The molecular weight excluding hydrogens is 158 g/mol. The molecule has 1 N–H and O–H groups in total. The molecule has 1 aliphatic heterocycles. The minimum Gasteiger partial charge on any atom is -0.312 e. The van der Waals surface area contributed by atoms with Gasteiger partial charge in [-0.3, -0.25) is 0 Å². The van der Waals surface area contributed by atoms with E-state index in [0.29, 0.717) is 5.41 Å². The molecule has 1 nitrogen and oxygen atoms in total. The molecule has 1 heteroatoms. The first-order chi connectivity index (χ1) is 6.30. The molecule has 13 heavy (non-hydrogen) atoms. The molecular formula is C12H15N. The summed E-state index contributed by atoms with van der Waals surface area (Å²) < 4.78 is 0. The summed E-state index contributed by atoms with van der Waals surface area (Å²) in [5.41, 5.74) is 5.08. The second-order valence-electron chi connectivity index (χ2n) is 4.54. The second kappa shape index (κ2) is 2.36. The van der Waals surface area contributed by atoms with Crippen LogP contribution in [0.2, 0.25) is 0 Å². The largest absolute Gasteiger partial charge is 0.312 e. The number of hydrogen-bond acceptors (Lipinski definition) is 1. The molecule has 3 rings (SSSR count). The second-order valence-corrected chi connectivity index (χ2v) is 4.54. The van der Waals surface area contributed by atoms with Crippen molar-refractivity contribution in [3.63, 3.8) is 0 Å². The average molecular weight is 173 g/mol. The van der Waals surface area contributed by atoms with E-state index >= 15 is 0 Å². The first kappa shape index (κ1) is 7.57. The highest BCUT2D eigenvalue weighted by Gasteiger charge is 2.46. The number of hydrogen-bond donors (Lipinski definition) is 1. The third kappa shape index (κ3) is 1.03. The van der Waals surface area contributed by atoms with Crippen molar-refractivity contribution in [2.75, 3.05) is 6.54 Å². The van der Waals surface area contributed by atoms with Crippen LogP contribution in [0.4, 0.5) is 0 Å². The molecule has 0 radical (unpaired) electrons. The molecule has 2 aliphatic rings. The van der Waals surface area contributed by atoms with Crippen LogP contribution in [0, 0.1) is 6.92 Å². The molecule has 1 aliphatic carbocycles. The average Bonchev–Trinajstić information content (AvgIpc) is 2.86. The standard InChI is InChI=1S/C12H15N/c1-9-2-3-11-10(6-9)7-13-8-12(11)4-5-12/h2-3,6,13H,4-5,7-8H2,1H3. The van der Waals surface area contributed by atoms with E-state index in [1.54, 1.807) is 5.56 Å². The summed E-state index contributed by atoms with van der Waals surface area (Å²) in [6, 6.07) is 6.93. The lowest BCUT2D eigenvalue weighted by Crippen LogP contribution is -2.33. The normalized spacial score (nSPS) is 22.8. The van der Waals surface area contributed by atoms with Crippen LogP contribution in [-0.4, -0.2) is 6.54 Å². The molecule has 1 spiro atoms. The van der Waals surface area contributed by atoms with E-state index in [1.807, 2.05) is 0 Å². The first-order valence-electron chi connectivity index (χ1n) is 5.11. The predicted octanol–water partition coefficient (Wildman–Crippen LogP) is 2.13. The Balaban J connectivity index is 2.15. The Bertz CT molecular complexity index is 350. The Morgan fingerprint density at radius 3 is 2.92 bits per heavy atom. The molecule has 1 heterocycles. The van der Waals surface area contributed by atoms with E-state index in [9.17, 15) is 0 Å². The number of aryl methyl sites for hydroxylation is 1. The van der Waals surface area contributed by atoms with E-state index in [1.165, 1.54) is 30.5 Å². The van der Waals surface area contributed by atoms with Gasteiger partial charge in [-0.05, 0) is 30.9 Å². The Morgan fingerprint density at radius 1 is 1.31 bits per heavy atom. The van der Waals surface area contributed by atoms with Gasteiger partial charge in [0, 0.05) is 18.5 Å². The zero-order valence-electron chi connectivity index (χ0n) is 8.06. The molecule has 68 valence electrons. The SMILES string of the molecule is Cc1ccc2c(c1)CNCC21CC1. The van der Waals surface area contributed by atoms with Gasteiger partial charge in [0.05, 0.1) is 0 Å². The maximum absolute atomic E-state index is 3.52. The van der Waals surface area contributed by atoms with Gasteiger partial charge >= 0.3 is 0 Å². The van der Waals surface area contributed by atoms with E-state index in [2.05, 4.69) is 30.4 Å². The monoisotopic (exact) mass is 173 g/mol. The Hall–Kier alpha value is -0.820. The van der Waals surface area contributed by atoms with Crippen LogP contribution in [0.25, 0.3) is 0 Å². The minimum atomic E-state index is 0.543. The van der Waals surface area contributed by atoms with Crippen LogP contribution in [-0.2, 0) is 12.0 Å². The van der Waals surface area contributed by atoms with E-state index in [-0.39, 0.29) is 0 Å². The minimum absolute atomic E-state index is 0.543. The fraction of sp³-hybridized carbons (Fsp3) is 0.500. The van der Waals surface area contributed by atoms with Crippen LogP contribution in [0.15, 0.2) is 18.2 Å². The van der Waals surface area contributed by atoms with Crippen molar-refractivity contribution in [2.45, 2.75) is 31.7 Å². The van der Waals surface area contributed by atoms with Crippen LogP contribution >= 0.6 is 0 Å². The van der Waals surface area contributed by atoms with Gasteiger partial charge in [-0.2, -0.15) is 0 Å². The predicted molar refractivity (Wildman–Crippen MR) is 53.8 cm³/mol. The third-order valence-corrected chi connectivity index (χ3v) is 3.46. The summed E-state index contributed by atoms with van der Waals surface area (Å²) in [7, 11) is 0. The molecule has 1 saturated carbocycles. The van der Waals surface area contributed by atoms with Gasteiger partial charge in [0.2, 0.25) is 0 Å². The lowest BCUT2D eigenvalue weighted by atomic mass is 9.87. The fourth-order valence-electron chi connectivity index (χ4n) is 2.51. The van der Waals surface area contributed by atoms with Crippen LogP contribution in [0.5, 0.6) is 0 Å². The van der Waals surface area contributed by atoms with Gasteiger partial charge in [-0.15, -0.1) is 0 Å². The van der Waals surface area contributed by atoms with Crippen LogP contribution in [0.1, 0.15) is 29.5 Å². The summed E-state index contributed by atoms with van der Waals surface area (Å²) in [5, 5.41) is 3.52. The number of benzene rings is 1. The molecule has 1 fully saturated rings. The van der Waals surface area contributed by atoms with Gasteiger partial charge in [0.25, 0.3) is 0 Å². The van der Waals surface area contributed by atoms with Crippen molar-refractivity contribution in [3.05, 3.63) is 34.9 Å². The summed E-state index contributed by atoms with van der Waals surface area (Å²) in [5.74, 6) is 0. The summed E-state index contributed by atoms with van der Waals surface area (Å²) in [6.07, 6.45) is 2.77. The van der Waals surface area contributed by atoms with Gasteiger partial charge in [-0.1, -0.05) is 23.8 Å². The highest BCUT2D eigenvalue weighted by Crippen LogP contribution is 2.50. The van der Waals surface area contributed by atoms with E-state index < -0.39 is 0 Å².